The number of nitrogens with zero attached hydrogens (tertiary/aromatic N) is 6. The van der Waals surface area contributed by atoms with E-state index in [0.29, 0.717) is 34.2 Å². The Labute approximate surface area is 252 Å². The van der Waals surface area contributed by atoms with Crippen LogP contribution in [0.25, 0.3) is 22.3 Å². The van der Waals surface area contributed by atoms with Crippen LogP contribution in [0.15, 0.2) is 36.7 Å². The molecule has 4 aromatic rings. The normalized spacial score (nSPS) is 18.4. The zero-order valence-corrected chi connectivity index (χ0v) is 25.0. The van der Waals surface area contributed by atoms with Crippen molar-refractivity contribution in [3.63, 3.8) is 0 Å². The van der Waals surface area contributed by atoms with Crippen molar-refractivity contribution in [2.75, 3.05) is 25.1 Å². The van der Waals surface area contributed by atoms with Crippen LogP contribution >= 0.6 is 0 Å². The summed E-state index contributed by atoms with van der Waals surface area (Å²) in [7, 11) is 1.52. The van der Waals surface area contributed by atoms with Gasteiger partial charge in [0.2, 0.25) is 11.8 Å². The molecule has 44 heavy (non-hydrogen) atoms. The number of aromatic amines is 1. The van der Waals surface area contributed by atoms with E-state index in [1.54, 1.807) is 32.3 Å². The van der Waals surface area contributed by atoms with Crippen molar-refractivity contribution in [3.05, 3.63) is 70.4 Å². The summed E-state index contributed by atoms with van der Waals surface area (Å²) >= 11 is 0. The smallest absolute Gasteiger partial charge is 0.416 e. The number of methoxy groups -OCH3 is 1. The van der Waals surface area contributed by atoms with Crippen LogP contribution in [0.1, 0.15) is 53.2 Å². The molecule has 1 N–H and O–H groups in total. The van der Waals surface area contributed by atoms with Gasteiger partial charge in [0.05, 0.1) is 36.6 Å². The van der Waals surface area contributed by atoms with Gasteiger partial charge in [-0.05, 0) is 57.9 Å². The van der Waals surface area contributed by atoms with Crippen LogP contribution in [0.4, 0.5) is 23.9 Å². The number of nitrogens with one attached hydrogen (secondary N) is 1. The lowest BCUT2D eigenvalue weighted by molar-refractivity contribution is -0.137. The van der Waals surface area contributed by atoms with Gasteiger partial charge in [0.15, 0.2) is 0 Å². The maximum absolute atomic E-state index is 13.6. The van der Waals surface area contributed by atoms with Crippen LogP contribution in [0, 0.1) is 20.8 Å². The number of benzene rings is 1. The van der Waals surface area contributed by atoms with Gasteiger partial charge in [0, 0.05) is 53.4 Å². The number of hydrogen-bond acceptors (Lipinski definition) is 8. The number of cyclic esters (lactones) is 1. The molecule has 2 aliphatic heterocycles. The van der Waals surface area contributed by atoms with E-state index in [4.69, 9.17) is 14.5 Å². The van der Waals surface area contributed by atoms with Crippen LogP contribution in [-0.4, -0.2) is 62.4 Å². The molecule has 230 valence electrons. The lowest BCUT2D eigenvalue weighted by atomic mass is 9.97. The first-order valence-corrected chi connectivity index (χ1v) is 14.3. The van der Waals surface area contributed by atoms with Gasteiger partial charge >= 0.3 is 12.3 Å². The Morgan fingerprint density at radius 2 is 1.84 bits per heavy atom. The summed E-state index contributed by atoms with van der Waals surface area (Å²) in [6, 6.07) is 5.10. The van der Waals surface area contributed by atoms with Crippen molar-refractivity contribution < 1.29 is 27.4 Å². The van der Waals surface area contributed by atoms with Gasteiger partial charge in [-0.2, -0.15) is 18.3 Å². The monoisotopic (exact) mass is 607 g/mol. The van der Waals surface area contributed by atoms with Gasteiger partial charge in [0.25, 0.3) is 0 Å². The second kappa shape index (κ2) is 11.1. The average Bonchev–Trinajstić information content (AvgIpc) is 3.43. The second-order valence-corrected chi connectivity index (χ2v) is 11.3. The third-order valence-electron chi connectivity index (χ3n) is 8.21. The highest BCUT2D eigenvalue weighted by atomic mass is 19.4. The lowest BCUT2D eigenvalue weighted by Gasteiger charge is -2.31. The first kappa shape index (κ1) is 29.4. The molecule has 13 heteroatoms. The summed E-state index contributed by atoms with van der Waals surface area (Å²) < 4.78 is 52.1. The van der Waals surface area contributed by atoms with E-state index in [2.05, 4.69) is 20.2 Å². The van der Waals surface area contributed by atoms with Gasteiger partial charge in [-0.25, -0.2) is 19.7 Å². The van der Waals surface area contributed by atoms with Crippen molar-refractivity contribution in [1.82, 2.24) is 30.0 Å². The number of H-pyrrole nitrogens is 1. The topological polar surface area (TPSA) is 109 Å². The third-order valence-corrected chi connectivity index (χ3v) is 8.21. The molecule has 3 aromatic heterocycles. The molecule has 2 fully saturated rings. The molecule has 1 aromatic carbocycles. The average molecular weight is 608 g/mol. The van der Waals surface area contributed by atoms with Gasteiger partial charge in [-0.1, -0.05) is 11.6 Å². The Bertz CT molecular complexity index is 1720. The fraction of sp³-hybridized carbons (Fsp3) is 0.387. The summed E-state index contributed by atoms with van der Waals surface area (Å²) in [5, 5.41) is 7.31. The minimum absolute atomic E-state index is 0.0320. The fourth-order valence-electron chi connectivity index (χ4n) is 5.80. The molecule has 0 aliphatic carbocycles. The molecule has 6 rings (SSSR count). The van der Waals surface area contributed by atoms with E-state index >= 15 is 0 Å². The number of alkyl halides is 3. The number of halogens is 3. The quantitative estimate of drug-likeness (QED) is 0.266. The summed E-state index contributed by atoms with van der Waals surface area (Å²) in [6.45, 7) is 8.85. The predicted octanol–water partition coefficient (Wildman–Crippen LogP) is 6.17. The zero-order chi connectivity index (χ0) is 31.3. The van der Waals surface area contributed by atoms with Gasteiger partial charge in [-0.3, -0.25) is 10.00 Å². The Hall–Kier alpha value is -4.68. The standard InChI is InChI=1S/C31H32F3N7O3/c1-16-9-20(11-22(10-16)31(32,33)34)27-19(4)41(30(42)44-27)15-25-24(14-36-29(37-25)40-7-6-8-40)23-12-21(13-35-28(23)43-5)26-17(2)38-39-18(26)3/h9-14,19,27H,6-8,15H2,1-5H3,(H,38,39)/t19-,27-/m0/s1. The minimum atomic E-state index is -4.52. The Morgan fingerprint density at radius 1 is 1.07 bits per heavy atom. The molecular weight excluding hydrogens is 575 g/mol. The van der Waals surface area contributed by atoms with Crippen LogP contribution < -0.4 is 9.64 Å². The van der Waals surface area contributed by atoms with E-state index in [9.17, 15) is 18.0 Å². The maximum Gasteiger partial charge on any atom is 0.416 e. The van der Waals surface area contributed by atoms with Crippen molar-refractivity contribution in [2.45, 2.75) is 59.0 Å². The molecule has 10 nitrogen and oxygen atoms in total. The van der Waals surface area contributed by atoms with E-state index in [-0.39, 0.29) is 12.1 Å². The number of aromatic nitrogens is 5. The molecule has 1 amide bonds. The van der Waals surface area contributed by atoms with Gasteiger partial charge < -0.3 is 14.4 Å². The third kappa shape index (κ3) is 5.31. The molecule has 0 spiro atoms. The summed E-state index contributed by atoms with van der Waals surface area (Å²) in [5.41, 5.74) is 5.12. The Morgan fingerprint density at radius 3 is 2.48 bits per heavy atom. The molecule has 0 radical (unpaired) electrons. The molecule has 2 aliphatic rings. The van der Waals surface area contributed by atoms with Gasteiger partial charge in [-0.15, -0.1) is 0 Å². The number of pyridine rings is 1. The van der Waals surface area contributed by atoms with E-state index in [1.807, 2.05) is 24.8 Å². The Balaban J connectivity index is 1.40. The summed E-state index contributed by atoms with van der Waals surface area (Å²) in [6.07, 6.45) is -1.62. The summed E-state index contributed by atoms with van der Waals surface area (Å²) in [4.78, 5) is 30.9. The first-order chi connectivity index (χ1) is 20.9. The zero-order valence-electron chi connectivity index (χ0n) is 25.0. The number of ether oxygens (including phenoxy) is 2. The number of anilines is 1. The molecule has 2 saturated heterocycles. The van der Waals surface area contributed by atoms with Crippen molar-refractivity contribution in [1.29, 1.82) is 0 Å². The maximum atomic E-state index is 13.6. The van der Waals surface area contributed by atoms with E-state index < -0.39 is 30.0 Å². The molecule has 0 unspecified atom stereocenters. The second-order valence-electron chi connectivity index (χ2n) is 11.3. The van der Waals surface area contributed by atoms with E-state index in [0.717, 1.165) is 54.2 Å². The molecule has 5 heterocycles. The molecule has 0 saturated carbocycles. The van der Waals surface area contributed by atoms with E-state index in [1.165, 1.54) is 12.0 Å². The number of hydrogen-bond donors (Lipinski definition) is 1. The van der Waals surface area contributed by atoms with Gasteiger partial charge in [0.1, 0.15) is 6.10 Å². The molecule has 2 atom stereocenters. The fourth-order valence-corrected chi connectivity index (χ4v) is 5.80. The number of rotatable bonds is 7. The minimum Gasteiger partial charge on any atom is -0.481 e. The van der Waals surface area contributed by atoms with Crippen LogP contribution in [0.5, 0.6) is 5.88 Å². The molecule has 0 bridgehead atoms. The predicted molar refractivity (Wildman–Crippen MR) is 156 cm³/mol. The largest absolute Gasteiger partial charge is 0.481 e. The van der Waals surface area contributed by atoms with Crippen LogP contribution in [-0.2, 0) is 17.5 Å². The van der Waals surface area contributed by atoms with Crippen LogP contribution in [0.3, 0.4) is 0 Å². The highest BCUT2D eigenvalue weighted by Gasteiger charge is 2.42. The lowest BCUT2D eigenvalue weighted by Crippen LogP contribution is -2.39. The highest BCUT2D eigenvalue weighted by molar-refractivity contribution is 5.79. The van der Waals surface area contributed by atoms with Crippen molar-refractivity contribution in [3.8, 4) is 28.1 Å². The van der Waals surface area contributed by atoms with Crippen molar-refractivity contribution in [2.24, 2.45) is 0 Å². The van der Waals surface area contributed by atoms with Crippen LogP contribution in [0.2, 0.25) is 0 Å². The molecular formula is C31H32F3N7O3. The Kier molecular flexibility index (Phi) is 7.42. The highest BCUT2D eigenvalue weighted by Crippen LogP contribution is 2.40. The first-order valence-electron chi connectivity index (χ1n) is 14.3. The van der Waals surface area contributed by atoms with Crippen molar-refractivity contribution >= 4 is 12.0 Å². The number of carbonyl (C=O) groups excluding carboxylic acids is 1. The summed E-state index contributed by atoms with van der Waals surface area (Å²) in [5.74, 6) is 0.883. The number of carbonyl (C=O) groups is 1. The number of amides is 1. The number of aryl methyl sites for hydroxylation is 3. The SMILES string of the molecule is COc1ncc(-c2c(C)n[nH]c2C)cc1-c1cnc(N2CCC2)nc1CN1C(=O)O[C@H](c2cc(C)cc(C(F)(F)F)c2)[C@@H]1C.